The maximum Gasteiger partial charge on any atom is 0.122 e. The van der Waals surface area contributed by atoms with Crippen LogP contribution in [-0.4, -0.2) is 19.7 Å². The summed E-state index contributed by atoms with van der Waals surface area (Å²) in [5.41, 5.74) is 2.72. The topological polar surface area (TPSA) is 45.0 Å². The molecule has 3 nitrogen and oxygen atoms in total. The van der Waals surface area contributed by atoms with Crippen LogP contribution in [0.5, 0.6) is 5.75 Å². The number of hydrogen-bond acceptors (Lipinski definition) is 3. The van der Waals surface area contributed by atoms with Gasteiger partial charge in [0.1, 0.15) is 5.75 Å². The van der Waals surface area contributed by atoms with Gasteiger partial charge in [-0.15, -0.1) is 0 Å². The van der Waals surface area contributed by atoms with E-state index in [4.69, 9.17) is 10.00 Å². The van der Waals surface area contributed by atoms with E-state index in [-0.39, 0.29) is 0 Å². The maximum absolute atomic E-state index is 8.42. The van der Waals surface area contributed by atoms with Crippen molar-refractivity contribution in [1.82, 2.24) is 5.32 Å². The van der Waals surface area contributed by atoms with E-state index in [9.17, 15) is 0 Å². The molecule has 96 valence electrons. The smallest absolute Gasteiger partial charge is 0.122 e. The Labute approximate surface area is 109 Å². The van der Waals surface area contributed by atoms with E-state index in [1.165, 1.54) is 11.1 Å². The summed E-state index contributed by atoms with van der Waals surface area (Å²) in [5, 5.41) is 11.8. The molecule has 0 unspecified atom stereocenters. The first-order valence-corrected chi connectivity index (χ1v) is 6.72. The SMILES string of the molecule is N#CCCCNCCc1ccc2c(c1)CCCO2. The van der Waals surface area contributed by atoms with Gasteiger partial charge in [-0.3, -0.25) is 0 Å². The fourth-order valence-corrected chi connectivity index (χ4v) is 2.22. The van der Waals surface area contributed by atoms with E-state index in [1.807, 2.05) is 0 Å². The fourth-order valence-electron chi connectivity index (χ4n) is 2.22. The van der Waals surface area contributed by atoms with E-state index in [0.717, 1.165) is 51.1 Å². The molecule has 2 rings (SSSR count). The Balaban J connectivity index is 1.74. The van der Waals surface area contributed by atoms with Gasteiger partial charge in [0.25, 0.3) is 0 Å². The number of nitriles is 1. The average Bonchev–Trinajstić information content (AvgIpc) is 2.42. The molecule has 1 aliphatic rings. The number of benzene rings is 1. The monoisotopic (exact) mass is 244 g/mol. The number of nitrogens with zero attached hydrogens (tertiary/aromatic N) is 1. The normalized spacial score (nSPS) is 13.5. The molecule has 1 aromatic rings. The highest BCUT2D eigenvalue weighted by atomic mass is 16.5. The van der Waals surface area contributed by atoms with Crippen LogP contribution in [0.3, 0.4) is 0 Å². The third-order valence-electron chi connectivity index (χ3n) is 3.21. The molecule has 0 radical (unpaired) electrons. The van der Waals surface area contributed by atoms with Gasteiger partial charge in [-0.25, -0.2) is 0 Å². The molecule has 0 atom stereocenters. The van der Waals surface area contributed by atoms with E-state index in [0.29, 0.717) is 6.42 Å². The van der Waals surface area contributed by atoms with Crippen molar-refractivity contribution < 1.29 is 4.74 Å². The lowest BCUT2D eigenvalue weighted by Crippen LogP contribution is -2.18. The quantitative estimate of drug-likeness (QED) is 0.782. The fraction of sp³-hybridized carbons (Fsp3) is 0.533. The van der Waals surface area contributed by atoms with Crippen LogP contribution < -0.4 is 10.1 Å². The molecule has 0 saturated heterocycles. The minimum absolute atomic E-state index is 0.642. The van der Waals surface area contributed by atoms with Crippen LogP contribution in [0.4, 0.5) is 0 Å². The highest BCUT2D eigenvalue weighted by molar-refractivity contribution is 5.38. The van der Waals surface area contributed by atoms with Crippen molar-refractivity contribution in [2.75, 3.05) is 19.7 Å². The molecule has 0 saturated carbocycles. The summed E-state index contributed by atoms with van der Waals surface area (Å²) in [6, 6.07) is 8.68. The summed E-state index contributed by atoms with van der Waals surface area (Å²) in [5.74, 6) is 1.06. The van der Waals surface area contributed by atoms with Gasteiger partial charge in [0.15, 0.2) is 0 Å². The van der Waals surface area contributed by atoms with E-state index in [1.54, 1.807) is 0 Å². The molecular weight excluding hydrogens is 224 g/mol. The largest absolute Gasteiger partial charge is 0.493 e. The molecule has 3 heteroatoms. The Hall–Kier alpha value is -1.53. The van der Waals surface area contributed by atoms with Crippen molar-refractivity contribution in [3.63, 3.8) is 0 Å². The van der Waals surface area contributed by atoms with Crippen molar-refractivity contribution in [1.29, 1.82) is 5.26 Å². The van der Waals surface area contributed by atoms with E-state index < -0.39 is 0 Å². The van der Waals surface area contributed by atoms with Crippen LogP contribution >= 0.6 is 0 Å². The lowest BCUT2D eigenvalue weighted by molar-refractivity contribution is 0.288. The minimum atomic E-state index is 0.642. The Kier molecular flexibility index (Phi) is 5.04. The zero-order chi connectivity index (χ0) is 12.6. The molecule has 0 fully saturated rings. The van der Waals surface area contributed by atoms with Gasteiger partial charge in [-0.1, -0.05) is 12.1 Å². The van der Waals surface area contributed by atoms with Crippen LogP contribution in [-0.2, 0) is 12.8 Å². The Morgan fingerprint density at radius 1 is 1.33 bits per heavy atom. The average molecular weight is 244 g/mol. The molecule has 18 heavy (non-hydrogen) atoms. The van der Waals surface area contributed by atoms with Crippen molar-refractivity contribution in [2.45, 2.75) is 32.1 Å². The van der Waals surface area contributed by atoms with Gasteiger partial charge in [-0.2, -0.15) is 5.26 Å². The molecule has 1 aliphatic heterocycles. The molecule has 1 N–H and O–H groups in total. The molecule has 0 amide bonds. The van der Waals surface area contributed by atoms with Gasteiger partial charge in [-0.05, 0) is 56.0 Å². The van der Waals surface area contributed by atoms with Gasteiger partial charge < -0.3 is 10.1 Å². The maximum atomic E-state index is 8.42. The third-order valence-corrected chi connectivity index (χ3v) is 3.21. The zero-order valence-electron chi connectivity index (χ0n) is 10.7. The minimum Gasteiger partial charge on any atom is -0.493 e. The lowest BCUT2D eigenvalue weighted by atomic mass is 10.0. The molecule has 0 aliphatic carbocycles. The highest BCUT2D eigenvalue weighted by Crippen LogP contribution is 2.25. The number of hydrogen-bond donors (Lipinski definition) is 1. The summed E-state index contributed by atoms with van der Waals surface area (Å²) in [7, 11) is 0. The molecule has 1 heterocycles. The third kappa shape index (κ3) is 3.75. The number of rotatable bonds is 6. The summed E-state index contributed by atoms with van der Waals surface area (Å²) in [6.07, 6.45) is 4.89. The van der Waals surface area contributed by atoms with Gasteiger partial charge >= 0.3 is 0 Å². The standard InChI is InChI=1S/C15H20N2O/c16-8-1-2-9-17-10-7-13-5-6-15-14(12-13)4-3-11-18-15/h5-6,12,17H,1-4,7,9-11H2. The summed E-state index contributed by atoms with van der Waals surface area (Å²) < 4.78 is 5.60. The summed E-state index contributed by atoms with van der Waals surface area (Å²) >= 11 is 0. The molecule has 0 spiro atoms. The van der Waals surface area contributed by atoms with Crippen molar-refractivity contribution in [3.8, 4) is 11.8 Å². The number of nitrogens with one attached hydrogen (secondary N) is 1. The van der Waals surface area contributed by atoms with Gasteiger partial charge in [0.2, 0.25) is 0 Å². The number of ether oxygens (including phenoxy) is 1. The van der Waals surface area contributed by atoms with Crippen molar-refractivity contribution in [3.05, 3.63) is 29.3 Å². The number of unbranched alkanes of at least 4 members (excludes halogenated alkanes) is 1. The Morgan fingerprint density at radius 3 is 3.17 bits per heavy atom. The Bertz CT molecular complexity index is 423. The molecule has 0 bridgehead atoms. The second-order valence-corrected chi connectivity index (χ2v) is 4.66. The first kappa shape index (κ1) is 12.9. The van der Waals surface area contributed by atoms with Gasteiger partial charge in [0.05, 0.1) is 12.7 Å². The predicted octanol–water partition coefficient (Wildman–Crippen LogP) is 2.45. The van der Waals surface area contributed by atoms with E-state index in [2.05, 4.69) is 29.6 Å². The summed E-state index contributed by atoms with van der Waals surface area (Å²) in [6.45, 7) is 2.76. The van der Waals surface area contributed by atoms with Crippen LogP contribution in [0.2, 0.25) is 0 Å². The van der Waals surface area contributed by atoms with Gasteiger partial charge in [0, 0.05) is 6.42 Å². The second-order valence-electron chi connectivity index (χ2n) is 4.66. The highest BCUT2D eigenvalue weighted by Gasteiger charge is 2.09. The Morgan fingerprint density at radius 2 is 2.28 bits per heavy atom. The zero-order valence-corrected chi connectivity index (χ0v) is 10.7. The first-order chi connectivity index (χ1) is 8.90. The van der Waals surface area contributed by atoms with Crippen molar-refractivity contribution in [2.24, 2.45) is 0 Å². The first-order valence-electron chi connectivity index (χ1n) is 6.72. The number of fused-ring (bicyclic) bond motifs is 1. The lowest BCUT2D eigenvalue weighted by Gasteiger charge is -2.17. The summed E-state index contributed by atoms with van der Waals surface area (Å²) in [4.78, 5) is 0. The number of aryl methyl sites for hydroxylation is 1. The molecule has 1 aromatic carbocycles. The second kappa shape index (κ2) is 7.03. The van der Waals surface area contributed by atoms with Crippen molar-refractivity contribution >= 4 is 0 Å². The van der Waals surface area contributed by atoms with Crippen LogP contribution in [0.1, 0.15) is 30.4 Å². The van der Waals surface area contributed by atoms with Crippen LogP contribution in [0.15, 0.2) is 18.2 Å². The predicted molar refractivity (Wildman–Crippen MR) is 71.7 cm³/mol. The van der Waals surface area contributed by atoms with Crippen LogP contribution in [0, 0.1) is 11.3 Å². The molecular formula is C15H20N2O. The molecule has 0 aromatic heterocycles. The van der Waals surface area contributed by atoms with Crippen LogP contribution in [0.25, 0.3) is 0 Å². The van der Waals surface area contributed by atoms with E-state index >= 15 is 0 Å².